The number of benzene rings is 3. The number of hydrogen-bond acceptors (Lipinski definition) is 6. The van der Waals surface area contributed by atoms with Crippen molar-refractivity contribution in [3.8, 4) is 5.75 Å². The third kappa shape index (κ3) is 4.68. The number of anilines is 2. The van der Waals surface area contributed by atoms with Crippen LogP contribution in [0, 0.1) is 0 Å². The van der Waals surface area contributed by atoms with E-state index in [1.54, 1.807) is 47.9 Å². The van der Waals surface area contributed by atoms with Gasteiger partial charge in [-0.15, -0.1) is 0 Å². The highest BCUT2D eigenvalue weighted by molar-refractivity contribution is 7.99. The van der Waals surface area contributed by atoms with Crippen LogP contribution >= 0.6 is 11.8 Å². The summed E-state index contributed by atoms with van der Waals surface area (Å²) in [7, 11) is 0. The lowest BCUT2D eigenvalue weighted by molar-refractivity contribution is -0.149. The zero-order chi connectivity index (χ0) is 22.5. The Kier molecular flexibility index (Phi) is 6.56. The van der Waals surface area contributed by atoms with Crippen LogP contribution in [0.3, 0.4) is 0 Å². The summed E-state index contributed by atoms with van der Waals surface area (Å²) in [5.41, 5.74) is 2.11. The average molecular weight is 448 g/mol. The van der Waals surface area contributed by atoms with Crippen molar-refractivity contribution in [2.45, 2.75) is 23.1 Å². The van der Waals surface area contributed by atoms with E-state index in [0.717, 1.165) is 21.2 Å². The normalized spacial score (nSPS) is 11.8. The molecule has 0 unspecified atom stereocenters. The highest BCUT2D eigenvalue weighted by Gasteiger charge is 2.28. The second-order valence-corrected chi connectivity index (χ2v) is 8.10. The number of nitrogens with zero attached hydrogens (tertiary/aromatic N) is 1. The van der Waals surface area contributed by atoms with Gasteiger partial charge in [0.15, 0.2) is 19.0 Å². The van der Waals surface area contributed by atoms with Crippen LogP contribution in [0.1, 0.15) is 23.7 Å². The van der Waals surface area contributed by atoms with Crippen molar-refractivity contribution in [3.63, 3.8) is 0 Å². The minimum absolute atomic E-state index is 0.0359. The lowest BCUT2D eigenvalue weighted by Gasteiger charge is -2.30. The molecule has 7 heteroatoms. The molecule has 0 atom stereocenters. The van der Waals surface area contributed by atoms with Gasteiger partial charge in [-0.1, -0.05) is 43.0 Å². The summed E-state index contributed by atoms with van der Waals surface area (Å²) in [6.07, 6.45) is 0.422. The standard InChI is InChI=1S/C25H21NO5S/c1-2-21(27)17-11-13-18(14-12-17)30-16-25(29)31-15-24(28)26-19-7-3-5-9-22(19)32-23-10-6-4-8-20(23)26/h3-14H,2,15-16H2,1H3. The van der Waals surface area contributed by atoms with Gasteiger partial charge in [-0.25, -0.2) is 4.79 Å². The van der Waals surface area contributed by atoms with Crippen LogP contribution in [0.15, 0.2) is 82.6 Å². The van der Waals surface area contributed by atoms with Crippen molar-refractivity contribution in [3.05, 3.63) is 78.4 Å². The van der Waals surface area contributed by atoms with Gasteiger partial charge >= 0.3 is 5.97 Å². The number of esters is 1. The largest absolute Gasteiger partial charge is 0.482 e. The fraction of sp³-hybridized carbons (Fsp3) is 0.160. The smallest absolute Gasteiger partial charge is 0.344 e. The quantitative estimate of drug-likeness (QED) is 0.374. The minimum atomic E-state index is -0.653. The number of carbonyl (C=O) groups is 3. The van der Waals surface area contributed by atoms with E-state index in [1.165, 1.54) is 0 Å². The molecule has 0 bridgehead atoms. The fourth-order valence-corrected chi connectivity index (χ4v) is 4.36. The Morgan fingerprint density at radius 1 is 0.812 bits per heavy atom. The molecule has 32 heavy (non-hydrogen) atoms. The van der Waals surface area contributed by atoms with Gasteiger partial charge in [0.05, 0.1) is 11.4 Å². The molecule has 0 N–H and O–H groups in total. The predicted molar refractivity (Wildman–Crippen MR) is 122 cm³/mol. The number of Topliss-reactive ketones (excluding diaryl/α,β-unsaturated/α-hetero) is 1. The number of amides is 1. The third-order valence-electron chi connectivity index (χ3n) is 4.89. The Morgan fingerprint density at radius 2 is 1.41 bits per heavy atom. The summed E-state index contributed by atoms with van der Waals surface area (Å²) in [6, 6.07) is 21.8. The summed E-state index contributed by atoms with van der Waals surface area (Å²) in [5.74, 6) is -0.522. The Hall–Kier alpha value is -3.58. The minimum Gasteiger partial charge on any atom is -0.482 e. The van der Waals surface area contributed by atoms with E-state index in [-0.39, 0.29) is 18.3 Å². The molecular formula is C25H21NO5S. The van der Waals surface area contributed by atoms with Crippen molar-refractivity contribution in [2.24, 2.45) is 0 Å². The Bertz CT molecular complexity index is 1110. The van der Waals surface area contributed by atoms with E-state index < -0.39 is 12.6 Å². The molecule has 162 valence electrons. The molecule has 0 fully saturated rings. The van der Waals surface area contributed by atoms with Crippen LogP contribution < -0.4 is 9.64 Å². The fourth-order valence-electron chi connectivity index (χ4n) is 3.31. The maximum absolute atomic E-state index is 13.0. The first-order valence-corrected chi connectivity index (χ1v) is 11.0. The van der Waals surface area contributed by atoms with E-state index in [2.05, 4.69) is 0 Å². The van der Waals surface area contributed by atoms with Gasteiger partial charge in [0.1, 0.15) is 5.75 Å². The first kappa shape index (κ1) is 21.6. The molecule has 6 nitrogen and oxygen atoms in total. The van der Waals surface area contributed by atoms with Crippen LogP contribution in [0.4, 0.5) is 11.4 Å². The molecule has 0 spiro atoms. The molecule has 3 aromatic rings. The van der Waals surface area contributed by atoms with Gasteiger partial charge in [0, 0.05) is 21.8 Å². The molecule has 0 saturated heterocycles. The third-order valence-corrected chi connectivity index (χ3v) is 6.02. The topological polar surface area (TPSA) is 72.9 Å². The van der Waals surface area contributed by atoms with Crippen LogP contribution in [0.25, 0.3) is 0 Å². The maximum atomic E-state index is 13.0. The van der Waals surface area contributed by atoms with Crippen LogP contribution in [-0.4, -0.2) is 30.9 Å². The van der Waals surface area contributed by atoms with Gasteiger partial charge in [0.25, 0.3) is 5.91 Å². The van der Waals surface area contributed by atoms with E-state index in [9.17, 15) is 14.4 Å². The number of fused-ring (bicyclic) bond motifs is 2. The molecule has 0 aliphatic carbocycles. The van der Waals surface area contributed by atoms with Crippen molar-refractivity contribution in [1.29, 1.82) is 0 Å². The molecule has 1 aliphatic rings. The summed E-state index contributed by atoms with van der Waals surface area (Å²) < 4.78 is 10.6. The number of para-hydroxylation sites is 2. The van der Waals surface area contributed by atoms with E-state index in [1.807, 2.05) is 48.5 Å². The van der Waals surface area contributed by atoms with Crippen molar-refractivity contribution >= 4 is 40.8 Å². The van der Waals surface area contributed by atoms with Crippen LogP contribution in [0.2, 0.25) is 0 Å². The van der Waals surface area contributed by atoms with Gasteiger partial charge in [0.2, 0.25) is 0 Å². The lowest BCUT2D eigenvalue weighted by Crippen LogP contribution is -2.33. The molecule has 0 radical (unpaired) electrons. The second-order valence-electron chi connectivity index (χ2n) is 7.02. The molecule has 1 aliphatic heterocycles. The number of hydrogen-bond donors (Lipinski definition) is 0. The SMILES string of the molecule is CCC(=O)c1ccc(OCC(=O)OCC(=O)N2c3ccccc3Sc3ccccc32)cc1. The van der Waals surface area contributed by atoms with Crippen molar-refractivity contribution in [1.82, 2.24) is 0 Å². The Morgan fingerprint density at radius 3 is 2.00 bits per heavy atom. The average Bonchev–Trinajstić information content (AvgIpc) is 2.84. The second kappa shape index (κ2) is 9.70. The number of carbonyl (C=O) groups excluding carboxylic acids is 3. The predicted octanol–water partition coefficient (Wildman–Crippen LogP) is 5.03. The molecular weight excluding hydrogens is 426 g/mol. The number of rotatable bonds is 7. The molecule has 0 aromatic heterocycles. The van der Waals surface area contributed by atoms with Gasteiger partial charge in [-0.3, -0.25) is 14.5 Å². The molecule has 3 aromatic carbocycles. The van der Waals surface area contributed by atoms with Gasteiger partial charge in [-0.05, 0) is 48.5 Å². The first-order valence-electron chi connectivity index (χ1n) is 10.2. The number of ether oxygens (including phenoxy) is 2. The monoisotopic (exact) mass is 447 g/mol. The Labute approximate surface area is 190 Å². The lowest BCUT2D eigenvalue weighted by atomic mass is 10.1. The first-order chi connectivity index (χ1) is 15.6. The molecule has 1 amide bonds. The van der Waals surface area contributed by atoms with Crippen molar-refractivity contribution < 1.29 is 23.9 Å². The van der Waals surface area contributed by atoms with Gasteiger partial charge in [-0.2, -0.15) is 0 Å². The van der Waals surface area contributed by atoms with E-state index >= 15 is 0 Å². The zero-order valence-corrected chi connectivity index (χ0v) is 18.3. The molecule has 1 heterocycles. The summed E-state index contributed by atoms with van der Waals surface area (Å²) in [6.45, 7) is 1.06. The highest BCUT2D eigenvalue weighted by Crippen LogP contribution is 2.47. The van der Waals surface area contributed by atoms with E-state index in [0.29, 0.717) is 17.7 Å². The van der Waals surface area contributed by atoms with Crippen LogP contribution in [-0.2, 0) is 14.3 Å². The summed E-state index contributed by atoms with van der Waals surface area (Å²) >= 11 is 1.60. The molecule has 0 saturated carbocycles. The molecule has 4 rings (SSSR count). The van der Waals surface area contributed by atoms with E-state index in [4.69, 9.17) is 9.47 Å². The summed E-state index contributed by atoms with van der Waals surface area (Å²) in [5, 5.41) is 0. The summed E-state index contributed by atoms with van der Waals surface area (Å²) in [4.78, 5) is 40.3. The Balaban J connectivity index is 1.37. The highest BCUT2D eigenvalue weighted by atomic mass is 32.2. The van der Waals surface area contributed by atoms with Gasteiger partial charge < -0.3 is 9.47 Å². The maximum Gasteiger partial charge on any atom is 0.344 e. The zero-order valence-electron chi connectivity index (χ0n) is 17.4. The van der Waals surface area contributed by atoms with Crippen LogP contribution in [0.5, 0.6) is 5.75 Å². The van der Waals surface area contributed by atoms with Crippen molar-refractivity contribution in [2.75, 3.05) is 18.1 Å². The number of ketones is 1.